The van der Waals surface area contributed by atoms with Crippen LogP contribution in [0.1, 0.15) is 45.5 Å². The Morgan fingerprint density at radius 3 is 2.96 bits per heavy atom. The number of rotatable bonds is 5. The summed E-state index contributed by atoms with van der Waals surface area (Å²) >= 11 is 1.09. The van der Waals surface area contributed by atoms with Gasteiger partial charge in [0.2, 0.25) is 5.91 Å². The second-order valence-corrected chi connectivity index (χ2v) is 7.24. The summed E-state index contributed by atoms with van der Waals surface area (Å²) in [6, 6.07) is 1.61. The Bertz CT molecular complexity index is 830. The second kappa shape index (κ2) is 8.34. The van der Waals surface area contributed by atoms with Crippen molar-refractivity contribution in [2.45, 2.75) is 26.7 Å². The summed E-state index contributed by atoms with van der Waals surface area (Å²) in [6.45, 7) is 4.66. The number of hydrogen-bond donors (Lipinski definition) is 1. The molecule has 1 atom stereocenters. The number of thiazole rings is 1. The molecule has 1 fully saturated rings. The second-order valence-electron chi connectivity index (χ2n) is 6.25. The maximum atomic E-state index is 12.6. The monoisotopic (exact) mass is 391 g/mol. The van der Waals surface area contributed by atoms with Crippen LogP contribution in [0, 0.1) is 12.8 Å². The summed E-state index contributed by atoms with van der Waals surface area (Å²) in [4.78, 5) is 43.2. The van der Waals surface area contributed by atoms with Crippen molar-refractivity contribution >= 4 is 34.3 Å². The average Bonchev–Trinajstić information content (AvgIpc) is 3.31. The summed E-state index contributed by atoms with van der Waals surface area (Å²) in [6.07, 6.45) is 4.29. The van der Waals surface area contributed by atoms with E-state index in [2.05, 4.69) is 10.3 Å². The quantitative estimate of drug-likeness (QED) is 0.787. The van der Waals surface area contributed by atoms with Gasteiger partial charge in [-0.3, -0.25) is 9.59 Å². The SMILES string of the molecule is CCOC(=O)c1sc(NC(=O)[C@H]2CCCN(C(=O)c3ccoc3)C2)nc1C. The van der Waals surface area contributed by atoms with Gasteiger partial charge in [-0.15, -0.1) is 0 Å². The highest BCUT2D eigenvalue weighted by molar-refractivity contribution is 7.17. The van der Waals surface area contributed by atoms with Crippen molar-refractivity contribution in [2.24, 2.45) is 5.92 Å². The Hall–Kier alpha value is -2.68. The number of hydrogen-bond acceptors (Lipinski definition) is 7. The van der Waals surface area contributed by atoms with Crippen LogP contribution in [0.15, 0.2) is 23.0 Å². The fourth-order valence-electron chi connectivity index (χ4n) is 2.99. The number of anilines is 1. The number of esters is 1. The van der Waals surface area contributed by atoms with Crippen molar-refractivity contribution in [2.75, 3.05) is 25.0 Å². The molecule has 2 amide bonds. The summed E-state index contributed by atoms with van der Waals surface area (Å²) in [7, 11) is 0. The molecule has 0 unspecified atom stereocenters. The van der Waals surface area contributed by atoms with Crippen LogP contribution in [-0.4, -0.2) is 47.4 Å². The van der Waals surface area contributed by atoms with E-state index in [0.717, 1.165) is 17.8 Å². The first kappa shape index (κ1) is 19.1. The van der Waals surface area contributed by atoms with E-state index in [1.54, 1.807) is 24.8 Å². The zero-order valence-electron chi connectivity index (χ0n) is 15.2. The zero-order valence-corrected chi connectivity index (χ0v) is 16.0. The van der Waals surface area contributed by atoms with Gasteiger partial charge in [0.05, 0.1) is 30.0 Å². The lowest BCUT2D eigenvalue weighted by Gasteiger charge is -2.31. The molecule has 8 nitrogen and oxygen atoms in total. The summed E-state index contributed by atoms with van der Waals surface area (Å²) in [5.41, 5.74) is 1.000. The highest BCUT2D eigenvalue weighted by Crippen LogP contribution is 2.25. The van der Waals surface area contributed by atoms with E-state index in [1.165, 1.54) is 12.5 Å². The molecular formula is C18H21N3O5S. The van der Waals surface area contributed by atoms with Crippen molar-refractivity contribution in [1.82, 2.24) is 9.88 Å². The molecule has 0 bridgehead atoms. The Kier molecular flexibility index (Phi) is 5.90. The minimum absolute atomic E-state index is 0.143. The topological polar surface area (TPSA) is 102 Å². The Morgan fingerprint density at radius 2 is 2.26 bits per heavy atom. The summed E-state index contributed by atoms with van der Waals surface area (Å²) < 4.78 is 9.94. The Morgan fingerprint density at radius 1 is 1.44 bits per heavy atom. The number of furan rings is 1. The number of likely N-dealkylation sites (tertiary alicyclic amines) is 1. The van der Waals surface area contributed by atoms with Crippen LogP contribution >= 0.6 is 11.3 Å². The molecule has 0 radical (unpaired) electrons. The van der Waals surface area contributed by atoms with Gasteiger partial charge in [0.1, 0.15) is 11.1 Å². The molecule has 0 aromatic carbocycles. The van der Waals surface area contributed by atoms with Crippen LogP contribution in [0.2, 0.25) is 0 Å². The molecule has 0 aliphatic carbocycles. The van der Waals surface area contributed by atoms with Crippen LogP contribution < -0.4 is 5.32 Å². The number of nitrogens with zero attached hydrogens (tertiary/aromatic N) is 2. The van der Waals surface area contributed by atoms with Crippen LogP contribution in [0.3, 0.4) is 0 Å². The maximum Gasteiger partial charge on any atom is 0.350 e. The van der Waals surface area contributed by atoms with E-state index in [9.17, 15) is 14.4 Å². The van der Waals surface area contributed by atoms with Crippen LogP contribution in [0.4, 0.5) is 5.13 Å². The van der Waals surface area contributed by atoms with E-state index in [-0.39, 0.29) is 24.3 Å². The highest BCUT2D eigenvalue weighted by atomic mass is 32.1. The number of aryl methyl sites for hydroxylation is 1. The third-order valence-electron chi connectivity index (χ3n) is 4.34. The number of carbonyl (C=O) groups excluding carboxylic acids is 3. The van der Waals surface area contributed by atoms with E-state index in [1.807, 2.05) is 0 Å². The largest absolute Gasteiger partial charge is 0.472 e. The number of carbonyl (C=O) groups is 3. The molecule has 1 saturated heterocycles. The van der Waals surface area contributed by atoms with Gasteiger partial charge < -0.3 is 19.4 Å². The van der Waals surface area contributed by atoms with E-state index >= 15 is 0 Å². The highest BCUT2D eigenvalue weighted by Gasteiger charge is 2.30. The Labute approximate surface area is 160 Å². The smallest absolute Gasteiger partial charge is 0.350 e. The first-order chi connectivity index (χ1) is 13.0. The molecule has 3 heterocycles. The molecule has 27 heavy (non-hydrogen) atoms. The lowest BCUT2D eigenvalue weighted by Crippen LogP contribution is -2.43. The number of amides is 2. The first-order valence-electron chi connectivity index (χ1n) is 8.76. The molecular weight excluding hydrogens is 370 g/mol. The van der Waals surface area contributed by atoms with Gasteiger partial charge in [-0.05, 0) is 32.8 Å². The van der Waals surface area contributed by atoms with Crippen molar-refractivity contribution in [3.05, 3.63) is 34.7 Å². The Balaban J connectivity index is 1.63. The number of piperidine rings is 1. The average molecular weight is 391 g/mol. The van der Waals surface area contributed by atoms with Gasteiger partial charge >= 0.3 is 5.97 Å². The lowest BCUT2D eigenvalue weighted by molar-refractivity contribution is -0.121. The van der Waals surface area contributed by atoms with E-state index in [4.69, 9.17) is 9.15 Å². The number of aromatic nitrogens is 1. The predicted octanol–water partition coefficient (Wildman–Crippen LogP) is 2.71. The van der Waals surface area contributed by atoms with Crippen molar-refractivity contribution in [1.29, 1.82) is 0 Å². The third-order valence-corrected chi connectivity index (χ3v) is 5.39. The van der Waals surface area contributed by atoms with Crippen molar-refractivity contribution < 1.29 is 23.5 Å². The minimum Gasteiger partial charge on any atom is -0.472 e. The third kappa shape index (κ3) is 4.36. The molecule has 0 spiro atoms. The zero-order chi connectivity index (χ0) is 19.4. The van der Waals surface area contributed by atoms with Gasteiger partial charge in [0.25, 0.3) is 5.91 Å². The number of nitrogens with one attached hydrogen (secondary N) is 1. The minimum atomic E-state index is -0.442. The normalized spacial score (nSPS) is 16.8. The molecule has 0 saturated carbocycles. The molecule has 2 aromatic rings. The standard InChI is InChI=1S/C18H21N3O5S/c1-3-26-17(24)14-11(2)19-18(27-14)20-15(22)12-5-4-7-21(9-12)16(23)13-6-8-25-10-13/h6,8,10,12H,3-5,7,9H2,1-2H3,(H,19,20,22)/t12-/m0/s1. The molecule has 2 aromatic heterocycles. The van der Waals surface area contributed by atoms with Crippen LogP contribution in [0.5, 0.6) is 0 Å². The summed E-state index contributed by atoms with van der Waals surface area (Å²) in [5, 5.41) is 3.13. The number of ether oxygens (including phenoxy) is 1. The lowest BCUT2D eigenvalue weighted by atomic mass is 9.97. The van der Waals surface area contributed by atoms with Crippen molar-refractivity contribution in [3.63, 3.8) is 0 Å². The predicted molar refractivity (Wildman–Crippen MR) is 98.8 cm³/mol. The van der Waals surface area contributed by atoms with Gasteiger partial charge in [-0.25, -0.2) is 9.78 Å². The van der Waals surface area contributed by atoms with E-state index in [0.29, 0.717) is 40.8 Å². The molecule has 1 aliphatic rings. The first-order valence-corrected chi connectivity index (χ1v) is 9.58. The molecule has 1 aliphatic heterocycles. The fourth-order valence-corrected chi connectivity index (χ4v) is 3.85. The van der Waals surface area contributed by atoms with Gasteiger partial charge in [-0.2, -0.15) is 0 Å². The summed E-state index contributed by atoms with van der Waals surface area (Å²) in [5.74, 6) is -1.12. The van der Waals surface area contributed by atoms with E-state index < -0.39 is 5.97 Å². The van der Waals surface area contributed by atoms with Gasteiger partial charge in [0.15, 0.2) is 5.13 Å². The van der Waals surface area contributed by atoms with Gasteiger partial charge in [0, 0.05) is 13.1 Å². The molecule has 3 rings (SSSR count). The molecule has 144 valence electrons. The molecule has 1 N–H and O–H groups in total. The van der Waals surface area contributed by atoms with Crippen LogP contribution in [-0.2, 0) is 9.53 Å². The van der Waals surface area contributed by atoms with Crippen LogP contribution in [0.25, 0.3) is 0 Å². The molecule has 9 heteroatoms. The van der Waals surface area contributed by atoms with Gasteiger partial charge in [-0.1, -0.05) is 11.3 Å². The maximum absolute atomic E-state index is 12.6. The van der Waals surface area contributed by atoms with Crippen molar-refractivity contribution in [3.8, 4) is 0 Å². The fraction of sp³-hybridized carbons (Fsp3) is 0.444.